The van der Waals surface area contributed by atoms with E-state index in [0.29, 0.717) is 11.6 Å². The van der Waals surface area contributed by atoms with Crippen molar-refractivity contribution in [3.8, 4) is 0 Å². The van der Waals surface area contributed by atoms with Gasteiger partial charge in [0.15, 0.2) is 5.69 Å². The quantitative estimate of drug-likeness (QED) is 0.630. The predicted octanol–water partition coefficient (Wildman–Crippen LogP) is 3.41. The largest absolute Gasteiger partial charge is 0.464 e. The second-order valence-electron chi connectivity index (χ2n) is 3.66. The maximum absolute atomic E-state index is 11.2. The molecular formula is C10H14BrNO2S. The first-order valence-electron chi connectivity index (χ1n) is 4.72. The lowest BCUT2D eigenvalue weighted by Crippen LogP contribution is -2.02. The highest BCUT2D eigenvalue weighted by Crippen LogP contribution is 2.31. The van der Waals surface area contributed by atoms with Gasteiger partial charge in [-0.1, -0.05) is 29.8 Å². The molecule has 0 aliphatic carbocycles. The molecule has 15 heavy (non-hydrogen) atoms. The lowest BCUT2D eigenvalue weighted by Gasteiger charge is -2.08. The normalized spacial score (nSPS) is 12.9. The summed E-state index contributed by atoms with van der Waals surface area (Å²) in [6.45, 7) is 4.31. The van der Waals surface area contributed by atoms with E-state index in [4.69, 9.17) is 0 Å². The fourth-order valence-electron chi connectivity index (χ4n) is 1.14. The van der Waals surface area contributed by atoms with E-state index in [-0.39, 0.29) is 10.8 Å². The number of nitrogens with zero attached hydrogens (tertiary/aromatic N) is 1. The summed E-state index contributed by atoms with van der Waals surface area (Å²) in [5, 5.41) is 2.67. The summed E-state index contributed by atoms with van der Waals surface area (Å²) < 4.78 is 4.60. The van der Waals surface area contributed by atoms with Crippen LogP contribution in [0.25, 0.3) is 0 Å². The van der Waals surface area contributed by atoms with E-state index in [0.717, 1.165) is 11.4 Å². The van der Waals surface area contributed by atoms with Gasteiger partial charge in [0.05, 0.1) is 11.9 Å². The highest BCUT2D eigenvalue weighted by atomic mass is 79.9. The molecule has 0 aromatic carbocycles. The zero-order valence-electron chi connectivity index (χ0n) is 8.99. The van der Waals surface area contributed by atoms with E-state index in [1.54, 1.807) is 5.38 Å². The second kappa shape index (κ2) is 5.61. The van der Waals surface area contributed by atoms with Gasteiger partial charge in [-0.3, -0.25) is 0 Å². The fourth-order valence-corrected chi connectivity index (χ4v) is 3.09. The standard InChI is InChI=1S/C10H14BrNO2S/c1-6(2)4-7(11)9-12-8(5-15-9)10(13)14-3/h5-7H,4H2,1-3H3. The first-order chi connectivity index (χ1) is 7.04. The summed E-state index contributed by atoms with van der Waals surface area (Å²) in [4.78, 5) is 15.6. The third kappa shape index (κ3) is 3.57. The smallest absolute Gasteiger partial charge is 0.357 e. The molecule has 0 N–H and O–H groups in total. The van der Waals surface area contributed by atoms with Crippen LogP contribution in [0.4, 0.5) is 0 Å². The summed E-state index contributed by atoms with van der Waals surface area (Å²) in [5.74, 6) is 0.224. The first kappa shape index (κ1) is 12.6. The van der Waals surface area contributed by atoms with Crippen LogP contribution in [-0.4, -0.2) is 18.1 Å². The van der Waals surface area contributed by atoms with Gasteiger partial charge < -0.3 is 4.74 Å². The molecular weight excluding hydrogens is 278 g/mol. The van der Waals surface area contributed by atoms with Gasteiger partial charge in [0.2, 0.25) is 0 Å². The summed E-state index contributed by atoms with van der Waals surface area (Å²) >= 11 is 5.05. The minimum atomic E-state index is -0.373. The van der Waals surface area contributed by atoms with Gasteiger partial charge in [-0.25, -0.2) is 9.78 Å². The van der Waals surface area contributed by atoms with E-state index < -0.39 is 0 Å². The van der Waals surface area contributed by atoms with E-state index in [1.807, 2.05) is 0 Å². The van der Waals surface area contributed by atoms with Crippen molar-refractivity contribution in [1.82, 2.24) is 4.98 Å². The number of thiazole rings is 1. The van der Waals surface area contributed by atoms with Crippen molar-refractivity contribution in [2.45, 2.75) is 25.1 Å². The number of carbonyl (C=O) groups excluding carboxylic acids is 1. The molecule has 3 nitrogen and oxygen atoms in total. The maximum Gasteiger partial charge on any atom is 0.357 e. The topological polar surface area (TPSA) is 39.2 Å². The minimum Gasteiger partial charge on any atom is -0.464 e. The number of hydrogen-bond acceptors (Lipinski definition) is 4. The Morgan fingerprint density at radius 3 is 2.87 bits per heavy atom. The molecule has 84 valence electrons. The first-order valence-corrected chi connectivity index (χ1v) is 6.52. The van der Waals surface area contributed by atoms with E-state index in [9.17, 15) is 4.79 Å². The maximum atomic E-state index is 11.2. The molecule has 5 heteroatoms. The van der Waals surface area contributed by atoms with Crippen molar-refractivity contribution in [2.24, 2.45) is 5.92 Å². The van der Waals surface area contributed by atoms with E-state index >= 15 is 0 Å². The monoisotopic (exact) mass is 291 g/mol. The Balaban J connectivity index is 2.71. The van der Waals surface area contributed by atoms with Crippen LogP contribution in [0.3, 0.4) is 0 Å². The lowest BCUT2D eigenvalue weighted by molar-refractivity contribution is 0.0594. The molecule has 1 aromatic rings. The van der Waals surface area contributed by atoms with Crippen LogP contribution in [-0.2, 0) is 4.74 Å². The zero-order chi connectivity index (χ0) is 11.4. The molecule has 0 fully saturated rings. The molecule has 0 aliphatic rings. The van der Waals surface area contributed by atoms with Crippen molar-refractivity contribution in [1.29, 1.82) is 0 Å². The number of ether oxygens (including phenoxy) is 1. The summed E-state index contributed by atoms with van der Waals surface area (Å²) in [6.07, 6.45) is 1.01. The van der Waals surface area contributed by atoms with Crippen molar-refractivity contribution >= 4 is 33.2 Å². The van der Waals surface area contributed by atoms with Gasteiger partial charge in [-0.05, 0) is 12.3 Å². The molecule has 0 saturated heterocycles. The van der Waals surface area contributed by atoms with E-state index in [2.05, 4.69) is 39.5 Å². The van der Waals surface area contributed by atoms with Gasteiger partial charge in [-0.15, -0.1) is 11.3 Å². The minimum absolute atomic E-state index is 0.223. The number of alkyl halides is 1. The van der Waals surface area contributed by atoms with Crippen molar-refractivity contribution in [3.63, 3.8) is 0 Å². The van der Waals surface area contributed by atoms with Gasteiger partial charge in [0, 0.05) is 5.38 Å². The second-order valence-corrected chi connectivity index (χ2v) is 5.65. The van der Waals surface area contributed by atoms with Gasteiger partial charge >= 0.3 is 5.97 Å². The SMILES string of the molecule is COC(=O)c1csc(C(Br)CC(C)C)n1. The molecule has 0 radical (unpaired) electrons. The summed E-state index contributed by atoms with van der Waals surface area (Å²) in [5.41, 5.74) is 0.394. The van der Waals surface area contributed by atoms with Crippen LogP contribution in [0.15, 0.2) is 5.38 Å². The highest BCUT2D eigenvalue weighted by Gasteiger charge is 2.16. The summed E-state index contributed by atoms with van der Waals surface area (Å²) in [7, 11) is 1.36. The molecule has 0 aliphatic heterocycles. The number of methoxy groups -OCH3 is 1. The molecule has 1 atom stereocenters. The number of halogens is 1. The Kier molecular flexibility index (Phi) is 4.73. The number of hydrogen-bond donors (Lipinski definition) is 0. The Morgan fingerprint density at radius 2 is 2.33 bits per heavy atom. The number of aromatic nitrogens is 1. The van der Waals surface area contributed by atoms with E-state index in [1.165, 1.54) is 18.4 Å². The average Bonchev–Trinajstić information content (AvgIpc) is 2.64. The van der Waals surface area contributed by atoms with Crippen LogP contribution in [0.5, 0.6) is 0 Å². The lowest BCUT2D eigenvalue weighted by atomic mass is 10.1. The third-order valence-electron chi connectivity index (χ3n) is 1.86. The van der Waals surface area contributed by atoms with Gasteiger partial charge in [0.25, 0.3) is 0 Å². The zero-order valence-corrected chi connectivity index (χ0v) is 11.4. The van der Waals surface area contributed by atoms with Crippen LogP contribution >= 0.6 is 27.3 Å². The Morgan fingerprint density at radius 1 is 1.67 bits per heavy atom. The van der Waals surface area contributed by atoms with Gasteiger partial charge in [0.1, 0.15) is 5.01 Å². The molecule has 1 heterocycles. The molecule has 0 bridgehead atoms. The Hall–Kier alpha value is -0.420. The Bertz CT molecular complexity index is 338. The molecule has 0 spiro atoms. The van der Waals surface area contributed by atoms with Crippen LogP contribution in [0.1, 0.15) is 40.6 Å². The van der Waals surface area contributed by atoms with Crippen LogP contribution in [0.2, 0.25) is 0 Å². The van der Waals surface area contributed by atoms with Crippen molar-refractivity contribution in [2.75, 3.05) is 7.11 Å². The number of rotatable bonds is 4. The molecule has 1 aromatic heterocycles. The molecule has 1 unspecified atom stereocenters. The number of esters is 1. The third-order valence-corrected chi connectivity index (χ3v) is 3.93. The van der Waals surface area contributed by atoms with Crippen molar-refractivity contribution in [3.05, 3.63) is 16.1 Å². The molecule has 0 amide bonds. The average molecular weight is 292 g/mol. The van der Waals surface area contributed by atoms with Crippen LogP contribution in [0, 0.1) is 5.92 Å². The number of carbonyl (C=O) groups is 1. The highest BCUT2D eigenvalue weighted by molar-refractivity contribution is 9.09. The van der Waals surface area contributed by atoms with Crippen LogP contribution < -0.4 is 0 Å². The fraction of sp³-hybridized carbons (Fsp3) is 0.600. The molecule has 0 saturated carbocycles. The summed E-state index contributed by atoms with van der Waals surface area (Å²) in [6, 6.07) is 0. The predicted molar refractivity (Wildman–Crippen MR) is 64.6 cm³/mol. The Labute approximate surface area is 102 Å². The molecule has 1 rings (SSSR count). The van der Waals surface area contributed by atoms with Gasteiger partial charge in [-0.2, -0.15) is 0 Å². The van der Waals surface area contributed by atoms with Crippen molar-refractivity contribution < 1.29 is 9.53 Å².